The Kier molecular flexibility index (Phi) is 3.35. The molecule has 0 saturated carbocycles. The summed E-state index contributed by atoms with van der Waals surface area (Å²) >= 11 is 1.26. The fourth-order valence-electron chi connectivity index (χ4n) is 1.19. The summed E-state index contributed by atoms with van der Waals surface area (Å²) in [5.41, 5.74) is 5.67. The molecule has 0 unspecified atom stereocenters. The second-order valence-electron chi connectivity index (χ2n) is 4.30. The molecule has 0 fully saturated rings. The summed E-state index contributed by atoms with van der Waals surface area (Å²) in [5.74, 6) is -0.312. The molecule has 0 aliphatic carbocycles. The van der Waals surface area contributed by atoms with Crippen LogP contribution >= 0.6 is 11.3 Å². The van der Waals surface area contributed by atoms with Gasteiger partial charge in [0.05, 0.1) is 5.54 Å². The van der Waals surface area contributed by atoms with E-state index in [1.807, 2.05) is 13.8 Å². The van der Waals surface area contributed by atoms with Gasteiger partial charge in [-0.2, -0.15) is 0 Å². The van der Waals surface area contributed by atoms with Crippen LogP contribution in [0.3, 0.4) is 0 Å². The van der Waals surface area contributed by atoms with Gasteiger partial charge in [0.1, 0.15) is 10.7 Å². The summed E-state index contributed by atoms with van der Waals surface area (Å²) in [4.78, 5) is 15.8. The van der Waals surface area contributed by atoms with Gasteiger partial charge in [-0.25, -0.2) is 0 Å². The molecule has 0 aromatic carbocycles. The first-order valence-corrected chi connectivity index (χ1v) is 6.14. The quantitative estimate of drug-likeness (QED) is 0.872. The van der Waals surface area contributed by atoms with Gasteiger partial charge in [0.25, 0.3) is 5.91 Å². The predicted octanol–water partition coefficient (Wildman–Crippen LogP) is 1.38. The van der Waals surface area contributed by atoms with Crippen molar-refractivity contribution in [3.63, 3.8) is 0 Å². The lowest BCUT2D eigenvalue weighted by atomic mass is 10.1. The van der Waals surface area contributed by atoms with Gasteiger partial charge in [0.15, 0.2) is 0 Å². The van der Waals surface area contributed by atoms with Crippen molar-refractivity contribution in [2.75, 3.05) is 5.32 Å². The largest absolute Gasteiger partial charge is 0.320 e. The summed E-state index contributed by atoms with van der Waals surface area (Å²) in [6, 6.07) is 5.12. The van der Waals surface area contributed by atoms with Gasteiger partial charge in [-0.3, -0.25) is 15.1 Å². The van der Waals surface area contributed by atoms with E-state index in [0.29, 0.717) is 15.8 Å². The fourth-order valence-corrected chi connectivity index (χ4v) is 1.95. The average molecular weight is 263 g/mol. The van der Waals surface area contributed by atoms with Crippen LogP contribution in [0.25, 0.3) is 0 Å². The van der Waals surface area contributed by atoms with E-state index in [1.165, 1.54) is 11.3 Å². The van der Waals surface area contributed by atoms with Crippen molar-refractivity contribution in [3.8, 4) is 0 Å². The minimum atomic E-state index is -0.564. The second kappa shape index (κ2) is 4.79. The Balaban J connectivity index is 2.11. The number of anilines is 1. The predicted molar refractivity (Wildman–Crippen MR) is 69.3 cm³/mol. The number of nitrogens with one attached hydrogen (secondary N) is 1. The van der Waals surface area contributed by atoms with Crippen molar-refractivity contribution in [1.82, 2.24) is 15.2 Å². The minimum absolute atomic E-state index is 0.312. The number of nitrogens with zero attached hydrogens (tertiary/aromatic N) is 3. The van der Waals surface area contributed by atoms with Crippen LogP contribution < -0.4 is 11.1 Å². The van der Waals surface area contributed by atoms with Gasteiger partial charge in [0, 0.05) is 6.20 Å². The molecule has 0 aliphatic rings. The molecule has 0 aliphatic heterocycles. The summed E-state index contributed by atoms with van der Waals surface area (Å²) in [6.07, 6.45) is 1.56. The molecule has 6 nitrogen and oxygen atoms in total. The van der Waals surface area contributed by atoms with Crippen LogP contribution in [0, 0.1) is 0 Å². The molecular formula is C11H13N5OS. The molecule has 94 valence electrons. The van der Waals surface area contributed by atoms with Gasteiger partial charge < -0.3 is 5.73 Å². The number of hydrogen-bond acceptors (Lipinski definition) is 6. The number of amides is 1. The van der Waals surface area contributed by atoms with Crippen LogP contribution in [0.5, 0.6) is 0 Å². The van der Waals surface area contributed by atoms with E-state index in [-0.39, 0.29) is 5.91 Å². The third kappa shape index (κ3) is 2.88. The van der Waals surface area contributed by atoms with E-state index in [9.17, 15) is 4.79 Å². The summed E-state index contributed by atoms with van der Waals surface area (Å²) in [6.45, 7) is 3.66. The highest BCUT2D eigenvalue weighted by atomic mass is 32.1. The number of rotatable bonds is 3. The summed E-state index contributed by atoms with van der Waals surface area (Å²) in [5, 5.41) is 11.5. The molecule has 1 amide bonds. The van der Waals surface area contributed by atoms with Crippen molar-refractivity contribution in [1.29, 1.82) is 0 Å². The number of nitrogens with two attached hydrogens (primary N) is 1. The molecule has 2 rings (SSSR count). The highest BCUT2D eigenvalue weighted by molar-refractivity contribution is 7.15. The first kappa shape index (κ1) is 12.6. The Morgan fingerprint density at radius 1 is 1.39 bits per heavy atom. The van der Waals surface area contributed by atoms with Crippen LogP contribution in [0.2, 0.25) is 0 Å². The highest BCUT2D eigenvalue weighted by Crippen LogP contribution is 2.24. The smallest absolute Gasteiger partial charge is 0.276 e. The number of carbonyl (C=O) groups excluding carboxylic acids is 1. The third-order valence-corrected chi connectivity index (χ3v) is 3.27. The zero-order valence-corrected chi connectivity index (χ0v) is 10.9. The maximum atomic E-state index is 11.8. The molecule has 3 N–H and O–H groups in total. The standard InChI is InChI=1S/C11H13N5OS/c1-11(2,12)9-15-16-10(18-9)14-8(17)7-5-3-4-6-13-7/h3-6H,12H2,1-2H3,(H,14,16,17). The van der Waals surface area contributed by atoms with Gasteiger partial charge in [0.2, 0.25) is 5.13 Å². The zero-order chi connectivity index (χ0) is 13.2. The lowest BCUT2D eigenvalue weighted by molar-refractivity contribution is 0.102. The minimum Gasteiger partial charge on any atom is -0.320 e. The summed E-state index contributed by atoms with van der Waals surface area (Å²) < 4.78 is 0. The number of aromatic nitrogens is 3. The molecule has 0 spiro atoms. The number of hydrogen-bond donors (Lipinski definition) is 2. The Bertz CT molecular complexity index is 546. The second-order valence-corrected chi connectivity index (χ2v) is 5.28. The first-order chi connectivity index (χ1) is 8.47. The van der Waals surface area contributed by atoms with Gasteiger partial charge >= 0.3 is 0 Å². The molecule has 2 aromatic rings. The van der Waals surface area contributed by atoms with Crippen molar-refractivity contribution in [3.05, 3.63) is 35.1 Å². The third-order valence-electron chi connectivity index (χ3n) is 2.09. The molecule has 18 heavy (non-hydrogen) atoms. The van der Waals surface area contributed by atoms with Crippen molar-refractivity contribution in [2.45, 2.75) is 19.4 Å². The van der Waals surface area contributed by atoms with Crippen molar-refractivity contribution < 1.29 is 4.79 Å². The number of pyridine rings is 1. The Hall–Kier alpha value is -1.86. The van der Waals surface area contributed by atoms with E-state index < -0.39 is 5.54 Å². The van der Waals surface area contributed by atoms with Crippen molar-refractivity contribution in [2.24, 2.45) is 5.73 Å². The van der Waals surface area contributed by atoms with Crippen LogP contribution in [0.15, 0.2) is 24.4 Å². The molecule has 0 atom stereocenters. The van der Waals surface area contributed by atoms with Crippen LogP contribution in [-0.4, -0.2) is 21.1 Å². The highest BCUT2D eigenvalue weighted by Gasteiger charge is 2.20. The molecule has 7 heteroatoms. The molecular weight excluding hydrogens is 250 g/mol. The Labute approximate surface area is 108 Å². The lowest BCUT2D eigenvalue weighted by Crippen LogP contribution is -2.28. The fraction of sp³-hybridized carbons (Fsp3) is 0.273. The lowest BCUT2D eigenvalue weighted by Gasteiger charge is -2.12. The van der Waals surface area contributed by atoms with Gasteiger partial charge in [-0.1, -0.05) is 17.4 Å². The SMILES string of the molecule is CC(C)(N)c1nnc(NC(=O)c2ccccn2)s1. The van der Waals surface area contributed by atoms with E-state index >= 15 is 0 Å². The maximum Gasteiger partial charge on any atom is 0.276 e. The van der Waals surface area contributed by atoms with Gasteiger partial charge in [-0.15, -0.1) is 10.2 Å². The van der Waals surface area contributed by atoms with E-state index in [1.54, 1.807) is 24.4 Å². The topological polar surface area (TPSA) is 93.8 Å². The first-order valence-electron chi connectivity index (χ1n) is 5.32. The molecule has 0 saturated heterocycles. The zero-order valence-electron chi connectivity index (χ0n) is 10.0. The van der Waals surface area contributed by atoms with E-state index in [2.05, 4.69) is 20.5 Å². The van der Waals surface area contributed by atoms with Crippen LogP contribution in [0.4, 0.5) is 5.13 Å². The van der Waals surface area contributed by atoms with E-state index in [4.69, 9.17) is 5.73 Å². The van der Waals surface area contributed by atoms with E-state index in [0.717, 1.165) is 0 Å². The molecule has 2 heterocycles. The summed E-state index contributed by atoms with van der Waals surface area (Å²) in [7, 11) is 0. The molecule has 0 bridgehead atoms. The normalized spacial score (nSPS) is 11.3. The maximum absolute atomic E-state index is 11.8. The van der Waals surface area contributed by atoms with Gasteiger partial charge in [-0.05, 0) is 26.0 Å². The van der Waals surface area contributed by atoms with Crippen LogP contribution in [-0.2, 0) is 5.54 Å². The van der Waals surface area contributed by atoms with Crippen LogP contribution in [0.1, 0.15) is 29.3 Å². The monoisotopic (exact) mass is 263 g/mol. The molecule has 0 radical (unpaired) electrons. The molecule has 2 aromatic heterocycles. The Morgan fingerprint density at radius 2 is 2.17 bits per heavy atom. The Morgan fingerprint density at radius 3 is 2.72 bits per heavy atom. The van der Waals surface area contributed by atoms with Crippen molar-refractivity contribution >= 4 is 22.4 Å². The number of carbonyl (C=O) groups is 1. The average Bonchev–Trinajstić information content (AvgIpc) is 2.78.